The van der Waals surface area contributed by atoms with E-state index in [9.17, 15) is 4.79 Å². The molecule has 0 bridgehead atoms. The van der Waals surface area contributed by atoms with Gasteiger partial charge in [-0.25, -0.2) is 0 Å². The molecule has 0 saturated heterocycles. The summed E-state index contributed by atoms with van der Waals surface area (Å²) in [6.07, 6.45) is 7.43. The lowest BCUT2D eigenvalue weighted by Gasteiger charge is -2.16. The average Bonchev–Trinajstić information content (AvgIpc) is 2.39. The second-order valence-corrected chi connectivity index (χ2v) is 4.60. The van der Waals surface area contributed by atoms with E-state index in [2.05, 4.69) is 6.42 Å². The first-order chi connectivity index (χ1) is 8.68. The van der Waals surface area contributed by atoms with Crippen molar-refractivity contribution in [3.8, 4) is 0 Å². The molecule has 0 saturated carbocycles. The SMILES string of the molecule is CC1=C(C(=O)[C@@H](N)Cc2ccccc2)C=CC[CH]1. The number of nitrogens with two attached hydrogens (primary N) is 1. The molecule has 2 rings (SSSR count). The monoisotopic (exact) mass is 240 g/mol. The molecule has 0 fully saturated rings. The number of hydrogen-bond donors (Lipinski definition) is 1. The molecule has 1 aromatic rings. The third kappa shape index (κ3) is 2.96. The van der Waals surface area contributed by atoms with Gasteiger partial charge in [0.05, 0.1) is 6.04 Å². The Bertz CT molecular complexity index is 485. The van der Waals surface area contributed by atoms with Gasteiger partial charge >= 0.3 is 0 Å². The highest BCUT2D eigenvalue weighted by molar-refractivity contribution is 6.03. The Morgan fingerprint density at radius 2 is 2.06 bits per heavy atom. The largest absolute Gasteiger partial charge is 0.321 e. The van der Waals surface area contributed by atoms with Crippen molar-refractivity contribution in [3.05, 3.63) is 65.6 Å². The molecule has 93 valence electrons. The number of Topliss-reactive ketones (excluding diaryl/α,β-unsaturated/α-hetero) is 1. The maximum atomic E-state index is 12.3. The molecule has 18 heavy (non-hydrogen) atoms. The van der Waals surface area contributed by atoms with E-state index in [0.717, 1.165) is 23.1 Å². The second kappa shape index (κ2) is 5.78. The zero-order valence-corrected chi connectivity index (χ0v) is 10.6. The van der Waals surface area contributed by atoms with E-state index in [1.165, 1.54) is 0 Å². The molecule has 1 aliphatic rings. The van der Waals surface area contributed by atoms with Crippen LogP contribution in [0.1, 0.15) is 18.9 Å². The van der Waals surface area contributed by atoms with Gasteiger partial charge in [0.2, 0.25) is 0 Å². The zero-order chi connectivity index (χ0) is 13.0. The number of ketones is 1. The van der Waals surface area contributed by atoms with E-state index in [0.29, 0.717) is 6.42 Å². The Kier molecular flexibility index (Phi) is 4.11. The summed E-state index contributed by atoms with van der Waals surface area (Å²) in [6.45, 7) is 1.96. The maximum Gasteiger partial charge on any atom is 0.179 e. The van der Waals surface area contributed by atoms with Crippen LogP contribution in [-0.4, -0.2) is 11.8 Å². The summed E-state index contributed by atoms with van der Waals surface area (Å²) in [5.74, 6) is 0.0311. The number of carbonyl (C=O) groups excluding carboxylic acids is 1. The summed E-state index contributed by atoms with van der Waals surface area (Å²) >= 11 is 0. The van der Waals surface area contributed by atoms with E-state index in [1.807, 2.05) is 49.4 Å². The van der Waals surface area contributed by atoms with Gasteiger partial charge in [0.15, 0.2) is 5.78 Å². The van der Waals surface area contributed by atoms with E-state index in [4.69, 9.17) is 5.73 Å². The van der Waals surface area contributed by atoms with E-state index >= 15 is 0 Å². The molecular weight excluding hydrogens is 222 g/mol. The summed E-state index contributed by atoms with van der Waals surface area (Å²) in [5.41, 5.74) is 8.90. The number of carbonyl (C=O) groups is 1. The fourth-order valence-corrected chi connectivity index (χ4v) is 2.11. The van der Waals surface area contributed by atoms with E-state index in [-0.39, 0.29) is 5.78 Å². The molecule has 0 aliphatic heterocycles. The predicted molar refractivity (Wildman–Crippen MR) is 73.9 cm³/mol. The Labute approximate surface area is 108 Å². The summed E-state index contributed by atoms with van der Waals surface area (Å²) in [4.78, 5) is 12.3. The van der Waals surface area contributed by atoms with Crippen molar-refractivity contribution in [2.45, 2.75) is 25.8 Å². The number of benzene rings is 1. The number of hydrogen-bond acceptors (Lipinski definition) is 2. The molecule has 0 unspecified atom stereocenters. The van der Waals surface area contributed by atoms with Crippen LogP contribution in [0, 0.1) is 6.42 Å². The van der Waals surface area contributed by atoms with Crippen LogP contribution in [0.5, 0.6) is 0 Å². The van der Waals surface area contributed by atoms with Crippen LogP contribution >= 0.6 is 0 Å². The third-order valence-electron chi connectivity index (χ3n) is 3.17. The van der Waals surface area contributed by atoms with E-state index < -0.39 is 6.04 Å². The van der Waals surface area contributed by atoms with Gasteiger partial charge in [0, 0.05) is 5.57 Å². The van der Waals surface area contributed by atoms with Crippen molar-refractivity contribution in [3.63, 3.8) is 0 Å². The fraction of sp³-hybridized carbons (Fsp3) is 0.250. The Balaban J connectivity index is 2.08. The maximum absolute atomic E-state index is 12.3. The molecule has 2 heteroatoms. The van der Waals surface area contributed by atoms with Crippen molar-refractivity contribution < 1.29 is 4.79 Å². The van der Waals surface area contributed by atoms with Gasteiger partial charge in [0.1, 0.15) is 0 Å². The van der Waals surface area contributed by atoms with Gasteiger partial charge in [-0.05, 0) is 31.7 Å². The molecule has 0 spiro atoms. The van der Waals surface area contributed by atoms with Crippen LogP contribution in [0.25, 0.3) is 0 Å². The lowest BCUT2D eigenvalue weighted by Crippen LogP contribution is -2.34. The van der Waals surface area contributed by atoms with Crippen LogP contribution in [0.2, 0.25) is 0 Å². The van der Waals surface area contributed by atoms with Crippen molar-refractivity contribution in [1.82, 2.24) is 0 Å². The quantitative estimate of drug-likeness (QED) is 0.879. The highest BCUT2D eigenvalue weighted by Crippen LogP contribution is 2.19. The van der Waals surface area contributed by atoms with Crippen LogP contribution < -0.4 is 5.73 Å². The zero-order valence-electron chi connectivity index (χ0n) is 10.6. The normalized spacial score (nSPS) is 16.8. The Morgan fingerprint density at radius 3 is 2.72 bits per heavy atom. The van der Waals surface area contributed by atoms with Crippen LogP contribution in [-0.2, 0) is 11.2 Å². The van der Waals surface area contributed by atoms with Gasteiger partial charge in [-0.3, -0.25) is 4.79 Å². The van der Waals surface area contributed by atoms with Gasteiger partial charge in [-0.15, -0.1) is 0 Å². The highest BCUT2D eigenvalue weighted by atomic mass is 16.1. The molecule has 2 N–H and O–H groups in total. The van der Waals surface area contributed by atoms with E-state index in [1.54, 1.807) is 0 Å². The van der Waals surface area contributed by atoms with Gasteiger partial charge in [0.25, 0.3) is 0 Å². The van der Waals surface area contributed by atoms with Crippen molar-refractivity contribution in [1.29, 1.82) is 0 Å². The summed E-state index contributed by atoms with van der Waals surface area (Å²) in [5, 5.41) is 0. The fourth-order valence-electron chi connectivity index (χ4n) is 2.11. The lowest BCUT2D eigenvalue weighted by atomic mass is 9.91. The lowest BCUT2D eigenvalue weighted by molar-refractivity contribution is -0.116. The second-order valence-electron chi connectivity index (χ2n) is 4.60. The molecule has 1 atom stereocenters. The minimum atomic E-state index is -0.464. The summed E-state index contributed by atoms with van der Waals surface area (Å²) in [6, 6.07) is 9.42. The summed E-state index contributed by atoms with van der Waals surface area (Å²) in [7, 11) is 0. The topological polar surface area (TPSA) is 43.1 Å². The molecule has 2 nitrogen and oxygen atoms in total. The summed E-state index contributed by atoms with van der Waals surface area (Å²) < 4.78 is 0. The minimum absolute atomic E-state index is 0.0311. The highest BCUT2D eigenvalue weighted by Gasteiger charge is 2.20. The smallest absolute Gasteiger partial charge is 0.179 e. The molecular formula is C16H18NO. The van der Waals surface area contributed by atoms with Crippen molar-refractivity contribution >= 4 is 5.78 Å². The molecule has 1 aliphatic carbocycles. The molecule has 0 heterocycles. The third-order valence-corrected chi connectivity index (χ3v) is 3.17. The Morgan fingerprint density at radius 1 is 1.33 bits per heavy atom. The van der Waals surface area contributed by atoms with Crippen LogP contribution in [0.3, 0.4) is 0 Å². The first kappa shape index (κ1) is 12.8. The molecule has 1 aromatic carbocycles. The van der Waals surface area contributed by atoms with Gasteiger partial charge in [-0.2, -0.15) is 0 Å². The predicted octanol–water partition coefficient (Wildman–Crippen LogP) is 2.61. The minimum Gasteiger partial charge on any atom is -0.321 e. The molecule has 0 amide bonds. The molecule has 0 aromatic heterocycles. The first-order valence-corrected chi connectivity index (χ1v) is 6.23. The standard InChI is InChI=1S/C16H18NO/c1-12-7-5-6-10-14(12)16(18)15(17)11-13-8-3-2-4-9-13/h2-4,6-10,15H,5,11,17H2,1H3/t15-/m0/s1. The number of rotatable bonds is 4. The first-order valence-electron chi connectivity index (χ1n) is 6.23. The number of allylic oxidation sites excluding steroid dienone is 3. The Hall–Kier alpha value is -1.67. The van der Waals surface area contributed by atoms with Gasteiger partial charge in [-0.1, -0.05) is 48.1 Å². The van der Waals surface area contributed by atoms with Crippen LogP contribution in [0.15, 0.2) is 53.6 Å². The van der Waals surface area contributed by atoms with Crippen LogP contribution in [0.4, 0.5) is 0 Å². The van der Waals surface area contributed by atoms with Crippen molar-refractivity contribution in [2.24, 2.45) is 5.73 Å². The average molecular weight is 240 g/mol. The van der Waals surface area contributed by atoms with Crippen molar-refractivity contribution in [2.75, 3.05) is 0 Å². The van der Waals surface area contributed by atoms with Gasteiger partial charge < -0.3 is 5.73 Å². The molecule has 1 radical (unpaired) electrons.